The highest BCUT2D eigenvalue weighted by molar-refractivity contribution is 5.55. The molecule has 5 rings (SSSR count). The van der Waals surface area contributed by atoms with Gasteiger partial charge in [0.25, 0.3) is 0 Å². The first-order valence-corrected chi connectivity index (χ1v) is 10.7. The smallest absolute Gasteiger partial charge is 0.138 e. The number of phenols is 1. The summed E-state index contributed by atoms with van der Waals surface area (Å²) in [6, 6.07) is 9.62. The van der Waals surface area contributed by atoms with Gasteiger partial charge in [-0.05, 0) is 42.7 Å². The van der Waals surface area contributed by atoms with Crippen LogP contribution in [0.15, 0.2) is 30.3 Å². The number of benzene rings is 2. The van der Waals surface area contributed by atoms with Crippen LogP contribution in [0, 0.1) is 0 Å². The van der Waals surface area contributed by atoms with Gasteiger partial charge in [0.2, 0.25) is 0 Å². The van der Waals surface area contributed by atoms with Gasteiger partial charge in [-0.25, -0.2) is 0 Å². The number of aromatic hydroxyl groups is 1. The van der Waals surface area contributed by atoms with E-state index in [4.69, 9.17) is 14.2 Å². The van der Waals surface area contributed by atoms with Crippen LogP contribution in [0.2, 0.25) is 0 Å². The Kier molecular flexibility index (Phi) is 4.58. The van der Waals surface area contributed by atoms with E-state index in [0.29, 0.717) is 6.61 Å². The summed E-state index contributed by atoms with van der Waals surface area (Å²) < 4.78 is 18.5. The Bertz CT molecular complexity index is 875. The van der Waals surface area contributed by atoms with Crippen molar-refractivity contribution >= 4 is 0 Å². The molecule has 3 aliphatic heterocycles. The van der Waals surface area contributed by atoms with Gasteiger partial charge in [-0.2, -0.15) is 0 Å². The van der Waals surface area contributed by atoms with Crippen molar-refractivity contribution in [3.63, 3.8) is 0 Å². The number of fused-ring (bicyclic) bond motifs is 6. The fourth-order valence-electron chi connectivity index (χ4n) is 4.80. The van der Waals surface area contributed by atoms with E-state index in [1.165, 1.54) is 37.7 Å². The molecule has 2 aromatic rings. The molecule has 3 unspecified atom stereocenters. The zero-order valence-electron chi connectivity index (χ0n) is 16.4. The summed E-state index contributed by atoms with van der Waals surface area (Å²) in [6.07, 6.45) is 8.82. The summed E-state index contributed by atoms with van der Waals surface area (Å²) in [5.41, 5.74) is 3.42. The SMILES string of the molecule is CCCCCCCC1Cc2cc3c(cc2O1)OCC1c2cc(O)ccc2OC31. The van der Waals surface area contributed by atoms with Gasteiger partial charge in [0, 0.05) is 23.6 Å². The van der Waals surface area contributed by atoms with Crippen LogP contribution in [0.3, 0.4) is 0 Å². The van der Waals surface area contributed by atoms with Gasteiger partial charge < -0.3 is 19.3 Å². The van der Waals surface area contributed by atoms with Gasteiger partial charge in [-0.15, -0.1) is 0 Å². The molecule has 1 N–H and O–H groups in total. The van der Waals surface area contributed by atoms with Crippen LogP contribution < -0.4 is 14.2 Å². The first-order chi connectivity index (χ1) is 13.7. The minimum absolute atomic E-state index is 0.0426. The molecule has 0 aromatic heterocycles. The number of hydrogen-bond donors (Lipinski definition) is 1. The van der Waals surface area contributed by atoms with Crippen LogP contribution in [-0.4, -0.2) is 17.8 Å². The molecule has 0 saturated carbocycles. The van der Waals surface area contributed by atoms with E-state index >= 15 is 0 Å². The van der Waals surface area contributed by atoms with E-state index in [1.807, 2.05) is 6.07 Å². The molecule has 4 nitrogen and oxygen atoms in total. The summed E-state index contributed by atoms with van der Waals surface area (Å²) in [7, 11) is 0. The second-order valence-electron chi connectivity index (χ2n) is 8.32. The summed E-state index contributed by atoms with van der Waals surface area (Å²) in [4.78, 5) is 0. The van der Waals surface area contributed by atoms with E-state index in [-0.39, 0.29) is 23.9 Å². The first-order valence-electron chi connectivity index (χ1n) is 10.7. The average molecular weight is 380 g/mol. The predicted octanol–water partition coefficient (Wildman–Crippen LogP) is 5.67. The molecule has 28 heavy (non-hydrogen) atoms. The van der Waals surface area contributed by atoms with E-state index in [1.54, 1.807) is 12.1 Å². The average Bonchev–Trinajstić information content (AvgIpc) is 3.26. The molecule has 0 amide bonds. The molecular formula is C24H28O4. The third-order valence-corrected chi connectivity index (χ3v) is 6.30. The van der Waals surface area contributed by atoms with E-state index in [2.05, 4.69) is 19.1 Å². The first kappa shape index (κ1) is 17.7. The Balaban J connectivity index is 1.31. The lowest BCUT2D eigenvalue weighted by Crippen LogP contribution is -2.23. The topological polar surface area (TPSA) is 47.9 Å². The van der Waals surface area contributed by atoms with Gasteiger partial charge in [-0.3, -0.25) is 0 Å². The van der Waals surface area contributed by atoms with Gasteiger partial charge in [-0.1, -0.05) is 32.6 Å². The second kappa shape index (κ2) is 7.23. The predicted molar refractivity (Wildman–Crippen MR) is 108 cm³/mol. The van der Waals surface area contributed by atoms with Crippen LogP contribution >= 0.6 is 0 Å². The van der Waals surface area contributed by atoms with Crippen molar-refractivity contribution in [2.75, 3.05) is 6.61 Å². The highest BCUT2D eigenvalue weighted by Crippen LogP contribution is 2.53. The molecule has 4 heteroatoms. The Morgan fingerprint density at radius 3 is 2.71 bits per heavy atom. The van der Waals surface area contributed by atoms with Crippen molar-refractivity contribution in [2.24, 2.45) is 0 Å². The van der Waals surface area contributed by atoms with E-state index in [0.717, 1.165) is 41.2 Å². The fourth-order valence-corrected chi connectivity index (χ4v) is 4.80. The summed E-state index contributed by atoms with van der Waals surface area (Å²) in [6.45, 7) is 2.81. The lowest BCUT2D eigenvalue weighted by Gasteiger charge is -2.28. The Morgan fingerprint density at radius 2 is 1.82 bits per heavy atom. The van der Waals surface area contributed by atoms with Gasteiger partial charge in [0.05, 0.1) is 12.5 Å². The van der Waals surface area contributed by atoms with Crippen LogP contribution in [0.25, 0.3) is 0 Å². The molecule has 0 saturated heterocycles. The van der Waals surface area contributed by atoms with Gasteiger partial charge >= 0.3 is 0 Å². The lowest BCUT2D eigenvalue weighted by molar-refractivity contribution is 0.139. The second-order valence-corrected chi connectivity index (χ2v) is 8.32. The molecule has 3 aliphatic rings. The van der Waals surface area contributed by atoms with Crippen molar-refractivity contribution in [3.8, 4) is 23.0 Å². The highest BCUT2D eigenvalue weighted by Gasteiger charge is 2.42. The number of rotatable bonds is 6. The lowest BCUT2D eigenvalue weighted by atomic mass is 9.88. The minimum Gasteiger partial charge on any atom is -0.508 e. The molecule has 0 fully saturated rings. The number of unbranched alkanes of at least 4 members (excludes halogenated alkanes) is 4. The molecule has 148 valence electrons. The van der Waals surface area contributed by atoms with Crippen molar-refractivity contribution in [1.82, 2.24) is 0 Å². The van der Waals surface area contributed by atoms with Crippen molar-refractivity contribution in [1.29, 1.82) is 0 Å². The molecule has 2 aromatic carbocycles. The standard InChI is InChI=1S/C24H28O4/c1-2-3-4-5-6-7-17-10-15-11-19-23(13-22(15)27-17)26-14-20-18-12-16(25)8-9-21(18)28-24(19)20/h8-9,11-13,17,20,24-25H,2-7,10,14H2,1H3. The van der Waals surface area contributed by atoms with Crippen molar-refractivity contribution in [3.05, 3.63) is 47.0 Å². The Labute approximate surface area is 166 Å². The maximum Gasteiger partial charge on any atom is 0.138 e. The van der Waals surface area contributed by atoms with Crippen molar-refractivity contribution in [2.45, 2.75) is 70.0 Å². The third kappa shape index (κ3) is 3.09. The van der Waals surface area contributed by atoms with Gasteiger partial charge in [0.15, 0.2) is 0 Å². The molecule has 3 heterocycles. The minimum atomic E-state index is -0.0426. The Morgan fingerprint density at radius 1 is 0.929 bits per heavy atom. The number of hydrogen-bond acceptors (Lipinski definition) is 4. The third-order valence-electron chi connectivity index (χ3n) is 6.30. The van der Waals surface area contributed by atoms with Crippen LogP contribution in [0.4, 0.5) is 0 Å². The molecule has 0 bridgehead atoms. The maximum absolute atomic E-state index is 9.84. The molecule has 0 aliphatic carbocycles. The van der Waals surface area contributed by atoms with E-state index < -0.39 is 0 Å². The molecule has 0 radical (unpaired) electrons. The highest BCUT2D eigenvalue weighted by atomic mass is 16.5. The summed E-state index contributed by atoms with van der Waals surface area (Å²) in [5, 5.41) is 9.84. The van der Waals surface area contributed by atoms with Crippen LogP contribution in [-0.2, 0) is 6.42 Å². The summed E-state index contributed by atoms with van der Waals surface area (Å²) in [5.74, 6) is 3.11. The Hall–Kier alpha value is -2.36. The van der Waals surface area contributed by atoms with E-state index in [9.17, 15) is 5.11 Å². The largest absolute Gasteiger partial charge is 0.508 e. The van der Waals surface area contributed by atoms with Crippen LogP contribution in [0.1, 0.15) is 74.2 Å². The fraction of sp³-hybridized carbons (Fsp3) is 0.500. The molecular weight excluding hydrogens is 352 g/mol. The zero-order valence-corrected chi connectivity index (χ0v) is 16.4. The number of ether oxygens (including phenoxy) is 3. The normalized spacial score (nSPS) is 23.7. The molecule has 3 atom stereocenters. The maximum atomic E-state index is 9.84. The van der Waals surface area contributed by atoms with Gasteiger partial charge in [0.1, 0.15) is 35.2 Å². The number of phenolic OH excluding ortho intramolecular Hbond substituents is 1. The quantitative estimate of drug-likeness (QED) is 0.656. The van der Waals surface area contributed by atoms with Crippen LogP contribution in [0.5, 0.6) is 23.0 Å². The monoisotopic (exact) mass is 380 g/mol. The zero-order chi connectivity index (χ0) is 19.1. The summed E-state index contributed by atoms with van der Waals surface area (Å²) >= 11 is 0. The molecule has 0 spiro atoms. The van der Waals surface area contributed by atoms with Crippen molar-refractivity contribution < 1.29 is 19.3 Å².